The van der Waals surface area contributed by atoms with E-state index in [1.54, 1.807) is 6.08 Å². The zero-order chi connectivity index (χ0) is 19.4. The van der Waals surface area contributed by atoms with E-state index in [1.165, 1.54) is 5.56 Å². The van der Waals surface area contributed by atoms with Crippen molar-refractivity contribution in [2.75, 3.05) is 13.1 Å². The third-order valence-electron chi connectivity index (χ3n) is 5.01. The van der Waals surface area contributed by atoms with Crippen molar-refractivity contribution in [2.24, 2.45) is 5.92 Å². The molecule has 1 aromatic carbocycles. The predicted molar refractivity (Wildman–Crippen MR) is 109 cm³/mol. The third-order valence-corrected chi connectivity index (χ3v) is 5.01. The number of hydrogen-bond donors (Lipinski definition) is 0. The second kappa shape index (κ2) is 8.47. The maximum absolute atomic E-state index is 12.6. The van der Waals surface area contributed by atoms with Crippen LogP contribution in [0.3, 0.4) is 0 Å². The molecule has 3 rings (SSSR count). The zero-order valence-electron chi connectivity index (χ0n) is 16.8. The number of carbonyl (C=O) groups is 1. The van der Waals surface area contributed by atoms with E-state index in [4.69, 9.17) is 4.98 Å². The lowest BCUT2D eigenvalue weighted by molar-refractivity contribution is -0.127. The molecule has 0 aliphatic carbocycles. The van der Waals surface area contributed by atoms with Crippen molar-refractivity contribution in [2.45, 2.75) is 46.5 Å². The van der Waals surface area contributed by atoms with Crippen LogP contribution in [-0.4, -0.2) is 33.9 Å². The highest BCUT2D eigenvalue weighted by atomic mass is 16.2. The summed E-state index contributed by atoms with van der Waals surface area (Å²) in [6.07, 6.45) is 7.68. The molecule has 1 saturated heterocycles. The van der Waals surface area contributed by atoms with Crippen LogP contribution < -0.4 is 0 Å². The Balaban J connectivity index is 1.89. The van der Waals surface area contributed by atoms with Crippen molar-refractivity contribution in [1.82, 2.24) is 14.9 Å². The molecule has 2 heterocycles. The molecule has 4 nitrogen and oxygen atoms in total. The SMILES string of the molecule is Cc1cccc(-c2cnc(C)nc2C2CCCN(C(=O)C=CC(C)C)C2)c1. The minimum Gasteiger partial charge on any atom is -0.339 e. The fourth-order valence-corrected chi connectivity index (χ4v) is 3.61. The summed E-state index contributed by atoms with van der Waals surface area (Å²) in [6, 6.07) is 8.46. The quantitative estimate of drug-likeness (QED) is 0.741. The van der Waals surface area contributed by atoms with Gasteiger partial charge in [-0.15, -0.1) is 0 Å². The normalized spacial score (nSPS) is 17.7. The van der Waals surface area contributed by atoms with Crippen LogP contribution in [0.5, 0.6) is 0 Å². The first-order valence-corrected chi connectivity index (χ1v) is 9.81. The van der Waals surface area contributed by atoms with E-state index in [9.17, 15) is 4.79 Å². The van der Waals surface area contributed by atoms with E-state index in [-0.39, 0.29) is 11.8 Å². The predicted octanol–water partition coefficient (Wildman–Crippen LogP) is 4.68. The fraction of sp³-hybridized carbons (Fsp3) is 0.435. The van der Waals surface area contributed by atoms with Crippen LogP contribution in [0.15, 0.2) is 42.6 Å². The van der Waals surface area contributed by atoms with Crippen LogP contribution in [0.1, 0.15) is 49.7 Å². The van der Waals surface area contributed by atoms with Gasteiger partial charge in [0.25, 0.3) is 0 Å². The average Bonchev–Trinajstić information content (AvgIpc) is 2.66. The molecular weight excluding hydrogens is 334 g/mol. The van der Waals surface area contributed by atoms with Gasteiger partial charge in [-0.3, -0.25) is 4.79 Å². The second-order valence-electron chi connectivity index (χ2n) is 7.81. The van der Waals surface area contributed by atoms with Crippen LogP contribution in [0.4, 0.5) is 0 Å². The molecule has 4 heteroatoms. The molecule has 0 spiro atoms. The van der Waals surface area contributed by atoms with Crippen molar-refractivity contribution >= 4 is 5.91 Å². The number of rotatable bonds is 4. The van der Waals surface area contributed by atoms with Crippen LogP contribution >= 0.6 is 0 Å². The van der Waals surface area contributed by atoms with Gasteiger partial charge in [-0.2, -0.15) is 0 Å². The van der Waals surface area contributed by atoms with Crippen LogP contribution in [0.2, 0.25) is 0 Å². The summed E-state index contributed by atoms with van der Waals surface area (Å²) in [7, 11) is 0. The number of nitrogens with zero attached hydrogens (tertiary/aromatic N) is 3. The van der Waals surface area contributed by atoms with Crippen molar-refractivity contribution < 1.29 is 4.79 Å². The molecule has 2 aromatic rings. The summed E-state index contributed by atoms with van der Waals surface area (Å²) in [5.41, 5.74) is 4.52. The minimum absolute atomic E-state index is 0.108. The first-order chi connectivity index (χ1) is 12.9. The Labute approximate surface area is 162 Å². The van der Waals surface area contributed by atoms with Gasteiger partial charge >= 0.3 is 0 Å². The molecule has 1 unspecified atom stereocenters. The Morgan fingerprint density at radius 2 is 2.11 bits per heavy atom. The van der Waals surface area contributed by atoms with Gasteiger partial charge in [0.2, 0.25) is 5.91 Å². The van der Waals surface area contributed by atoms with Gasteiger partial charge in [0, 0.05) is 30.8 Å². The molecule has 1 amide bonds. The molecule has 0 bridgehead atoms. The molecular formula is C23H29N3O. The fourth-order valence-electron chi connectivity index (χ4n) is 3.61. The highest BCUT2D eigenvalue weighted by Gasteiger charge is 2.27. The zero-order valence-corrected chi connectivity index (χ0v) is 16.8. The number of aromatic nitrogens is 2. The smallest absolute Gasteiger partial charge is 0.246 e. The first-order valence-electron chi connectivity index (χ1n) is 9.81. The second-order valence-corrected chi connectivity index (χ2v) is 7.81. The Morgan fingerprint density at radius 3 is 2.85 bits per heavy atom. The molecule has 0 N–H and O–H groups in total. The lowest BCUT2D eigenvalue weighted by Crippen LogP contribution is -2.38. The number of piperidine rings is 1. The van der Waals surface area contributed by atoms with Gasteiger partial charge in [-0.05, 0) is 44.2 Å². The first kappa shape index (κ1) is 19.3. The van der Waals surface area contributed by atoms with Crippen LogP contribution in [0.25, 0.3) is 11.1 Å². The molecule has 142 valence electrons. The Kier molecular flexibility index (Phi) is 6.04. The van der Waals surface area contributed by atoms with E-state index in [1.807, 2.05) is 24.1 Å². The van der Waals surface area contributed by atoms with Gasteiger partial charge in [0.05, 0.1) is 5.69 Å². The van der Waals surface area contributed by atoms with Gasteiger partial charge < -0.3 is 4.90 Å². The lowest BCUT2D eigenvalue weighted by atomic mass is 9.89. The highest BCUT2D eigenvalue weighted by molar-refractivity contribution is 5.87. The topological polar surface area (TPSA) is 46.1 Å². The largest absolute Gasteiger partial charge is 0.339 e. The summed E-state index contributed by atoms with van der Waals surface area (Å²) in [4.78, 5) is 23.8. The van der Waals surface area contributed by atoms with Crippen LogP contribution in [-0.2, 0) is 4.79 Å². The highest BCUT2D eigenvalue weighted by Crippen LogP contribution is 2.33. The summed E-state index contributed by atoms with van der Waals surface area (Å²) >= 11 is 0. The summed E-state index contributed by atoms with van der Waals surface area (Å²) in [5.74, 6) is 1.51. The Hall–Kier alpha value is -2.49. The van der Waals surface area contributed by atoms with Gasteiger partial charge in [-0.1, -0.05) is 49.8 Å². The maximum atomic E-state index is 12.6. The summed E-state index contributed by atoms with van der Waals surface area (Å²) < 4.78 is 0. The summed E-state index contributed by atoms with van der Waals surface area (Å²) in [5, 5.41) is 0. The van der Waals surface area contributed by atoms with Crippen molar-refractivity contribution in [3.8, 4) is 11.1 Å². The standard InChI is InChI=1S/C23H29N3O/c1-16(2)10-11-22(27)26-12-6-9-20(15-26)23-21(14-24-18(4)25-23)19-8-5-7-17(3)13-19/h5,7-8,10-11,13-14,16,20H,6,9,12,15H2,1-4H3. The Morgan fingerprint density at radius 1 is 1.30 bits per heavy atom. The monoisotopic (exact) mass is 363 g/mol. The van der Waals surface area contributed by atoms with Crippen molar-refractivity contribution in [3.05, 3.63) is 59.7 Å². The number of carbonyl (C=O) groups excluding carboxylic acids is 1. The van der Waals surface area contributed by atoms with E-state index in [0.717, 1.165) is 48.6 Å². The number of benzene rings is 1. The number of likely N-dealkylation sites (tertiary alicyclic amines) is 1. The molecule has 0 saturated carbocycles. The van der Waals surface area contributed by atoms with E-state index >= 15 is 0 Å². The number of allylic oxidation sites excluding steroid dienone is 1. The van der Waals surface area contributed by atoms with Crippen LogP contribution in [0, 0.1) is 19.8 Å². The molecule has 1 aliphatic rings. The van der Waals surface area contributed by atoms with Crippen molar-refractivity contribution in [3.63, 3.8) is 0 Å². The molecule has 0 radical (unpaired) electrons. The molecule has 1 aromatic heterocycles. The van der Waals surface area contributed by atoms with Gasteiger partial charge in [0.15, 0.2) is 0 Å². The van der Waals surface area contributed by atoms with E-state index in [2.05, 4.69) is 50.0 Å². The third kappa shape index (κ3) is 4.82. The van der Waals surface area contributed by atoms with E-state index in [0.29, 0.717) is 5.92 Å². The number of amides is 1. The molecule has 1 atom stereocenters. The molecule has 27 heavy (non-hydrogen) atoms. The average molecular weight is 364 g/mol. The summed E-state index contributed by atoms with van der Waals surface area (Å²) in [6.45, 7) is 9.74. The molecule has 1 aliphatic heterocycles. The molecule has 1 fully saturated rings. The minimum atomic E-state index is 0.108. The van der Waals surface area contributed by atoms with Crippen molar-refractivity contribution in [1.29, 1.82) is 0 Å². The van der Waals surface area contributed by atoms with Gasteiger partial charge in [0.1, 0.15) is 5.82 Å². The lowest BCUT2D eigenvalue weighted by Gasteiger charge is -2.32. The Bertz CT molecular complexity index is 841. The number of hydrogen-bond acceptors (Lipinski definition) is 3. The maximum Gasteiger partial charge on any atom is 0.246 e. The van der Waals surface area contributed by atoms with E-state index < -0.39 is 0 Å². The number of aryl methyl sites for hydroxylation is 2. The van der Waals surface area contributed by atoms with Gasteiger partial charge in [-0.25, -0.2) is 9.97 Å².